The highest BCUT2D eigenvalue weighted by Crippen LogP contribution is 2.26. The minimum absolute atomic E-state index is 0.195. The highest BCUT2D eigenvalue weighted by molar-refractivity contribution is 6.32. The van der Waals surface area contributed by atoms with Crippen LogP contribution in [0, 0.1) is 0 Å². The van der Waals surface area contributed by atoms with Gasteiger partial charge in [-0.1, -0.05) is 30.7 Å². The average molecular weight is 268 g/mol. The Bertz CT molecular complexity index is 379. The van der Waals surface area contributed by atoms with Gasteiger partial charge in [0.15, 0.2) is 0 Å². The Kier molecular flexibility index (Phi) is 6.84. The van der Waals surface area contributed by atoms with Gasteiger partial charge in [-0.25, -0.2) is 0 Å². The molecule has 1 rings (SSSR count). The fourth-order valence-corrected chi connectivity index (χ4v) is 1.90. The minimum atomic E-state index is 0.195. The maximum atomic E-state index is 6.18. The van der Waals surface area contributed by atoms with Gasteiger partial charge >= 0.3 is 0 Å². The van der Waals surface area contributed by atoms with Crippen molar-refractivity contribution in [3.05, 3.63) is 41.4 Å². The van der Waals surface area contributed by atoms with Crippen molar-refractivity contribution in [1.82, 2.24) is 0 Å². The van der Waals surface area contributed by atoms with Crippen LogP contribution in [-0.4, -0.2) is 12.6 Å². The predicted octanol–water partition coefficient (Wildman–Crippen LogP) is 3.96. The van der Waals surface area contributed by atoms with Crippen LogP contribution in [0.1, 0.15) is 31.7 Å². The zero-order valence-corrected chi connectivity index (χ0v) is 11.7. The zero-order chi connectivity index (χ0) is 13.4. The van der Waals surface area contributed by atoms with Crippen LogP contribution in [0.2, 0.25) is 5.02 Å². The van der Waals surface area contributed by atoms with Gasteiger partial charge in [-0.3, -0.25) is 0 Å². The monoisotopic (exact) mass is 267 g/mol. The quantitative estimate of drug-likeness (QED) is 0.571. The van der Waals surface area contributed by atoms with Crippen LogP contribution in [0.25, 0.3) is 0 Å². The SMILES string of the molecule is C=CCCCOc1ccc(CC(N)CC)cc1Cl. The number of hydrogen-bond acceptors (Lipinski definition) is 2. The lowest BCUT2D eigenvalue weighted by atomic mass is 10.0. The molecule has 0 aliphatic carbocycles. The molecular formula is C15H22ClNO. The van der Waals surface area contributed by atoms with E-state index in [4.69, 9.17) is 22.1 Å². The highest BCUT2D eigenvalue weighted by Gasteiger charge is 2.06. The first-order valence-corrected chi connectivity index (χ1v) is 6.82. The number of rotatable bonds is 8. The van der Waals surface area contributed by atoms with E-state index >= 15 is 0 Å². The molecule has 0 spiro atoms. The standard InChI is InChI=1S/C15H22ClNO/c1-3-5-6-9-18-15-8-7-12(11-14(15)16)10-13(17)4-2/h3,7-8,11,13H,1,4-6,9-10,17H2,2H3. The summed E-state index contributed by atoms with van der Waals surface area (Å²) in [6, 6.07) is 6.10. The van der Waals surface area contributed by atoms with Crippen molar-refractivity contribution in [2.24, 2.45) is 5.73 Å². The van der Waals surface area contributed by atoms with Crippen LogP contribution in [0.5, 0.6) is 5.75 Å². The van der Waals surface area contributed by atoms with Crippen LogP contribution in [0.4, 0.5) is 0 Å². The summed E-state index contributed by atoms with van der Waals surface area (Å²) in [7, 11) is 0. The van der Waals surface area contributed by atoms with Crippen molar-refractivity contribution in [3.8, 4) is 5.75 Å². The third-order valence-corrected chi connectivity index (χ3v) is 3.12. The normalized spacial score (nSPS) is 12.2. The van der Waals surface area contributed by atoms with E-state index in [0.717, 1.165) is 37.0 Å². The second kappa shape index (κ2) is 8.17. The first-order chi connectivity index (χ1) is 8.67. The molecule has 3 heteroatoms. The van der Waals surface area contributed by atoms with E-state index in [0.29, 0.717) is 11.6 Å². The maximum Gasteiger partial charge on any atom is 0.137 e. The van der Waals surface area contributed by atoms with Gasteiger partial charge in [0, 0.05) is 6.04 Å². The molecule has 0 fully saturated rings. The molecule has 18 heavy (non-hydrogen) atoms. The van der Waals surface area contributed by atoms with Crippen molar-refractivity contribution < 1.29 is 4.74 Å². The van der Waals surface area contributed by atoms with E-state index in [9.17, 15) is 0 Å². The summed E-state index contributed by atoms with van der Waals surface area (Å²) in [5.41, 5.74) is 7.08. The molecule has 0 bridgehead atoms. The van der Waals surface area contributed by atoms with E-state index in [-0.39, 0.29) is 6.04 Å². The van der Waals surface area contributed by atoms with Crippen molar-refractivity contribution in [3.63, 3.8) is 0 Å². The fourth-order valence-electron chi connectivity index (χ4n) is 1.65. The van der Waals surface area contributed by atoms with E-state index in [1.807, 2.05) is 24.3 Å². The molecule has 0 saturated carbocycles. The molecular weight excluding hydrogens is 246 g/mol. The van der Waals surface area contributed by atoms with Gasteiger partial charge in [0.25, 0.3) is 0 Å². The van der Waals surface area contributed by atoms with E-state index in [2.05, 4.69) is 13.5 Å². The Labute approximate surface area is 115 Å². The van der Waals surface area contributed by atoms with Gasteiger partial charge in [-0.05, 0) is 43.4 Å². The average Bonchev–Trinajstić information content (AvgIpc) is 2.36. The van der Waals surface area contributed by atoms with Crippen LogP contribution in [0.3, 0.4) is 0 Å². The molecule has 0 amide bonds. The largest absolute Gasteiger partial charge is 0.492 e. The summed E-state index contributed by atoms with van der Waals surface area (Å²) in [5.74, 6) is 0.745. The first kappa shape index (κ1) is 15.1. The van der Waals surface area contributed by atoms with Gasteiger partial charge in [0.1, 0.15) is 5.75 Å². The highest BCUT2D eigenvalue weighted by atomic mass is 35.5. The number of hydrogen-bond donors (Lipinski definition) is 1. The van der Waals surface area contributed by atoms with Crippen molar-refractivity contribution in [2.75, 3.05) is 6.61 Å². The molecule has 0 aliphatic rings. The third kappa shape index (κ3) is 5.11. The van der Waals surface area contributed by atoms with Gasteiger partial charge < -0.3 is 10.5 Å². The van der Waals surface area contributed by atoms with Crippen LogP contribution >= 0.6 is 11.6 Å². The molecule has 0 aliphatic heterocycles. The Morgan fingerprint density at radius 2 is 2.28 bits per heavy atom. The van der Waals surface area contributed by atoms with Gasteiger partial charge in [0.2, 0.25) is 0 Å². The molecule has 1 aromatic rings. The topological polar surface area (TPSA) is 35.2 Å². The number of allylic oxidation sites excluding steroid dienone is 1. The molecule has 0 saturated heterocycles. The fraction of sp³-hybridized carbons (Fsp3) is 0.467. The molecule has 1 unspecified atom stereocenters. The Morgan fingerprint density at radius 3 is 2.89 bits per heavy atom. The summed E-state index contributed by atoms with van der Waals surface area (Å²) < 4.78 is 5.61. The first-order valence-electron chi connectivity index (χ1n) is 6.45. The zero-order valence-electron chi connectivity index (χ0n) is 11.0. The summed E-state index contributed by atoms with van der Waals surface area (Å²) in [6.45, 7) is 6.43. The summed E-state index contributed by atoms with van der Waals surface area (Å²) in [4.78, 5) is 0. The minimum Gasteiger partial charge on any atom is -0.492 e. The van der Waals surface area contributed by atoms with Crippen molar-refractivity contribution in [1.29, 1.82) is 0 Å². The molecule has 2 N–H and O–H groups in total. The van der Waals surface area contributed by atoms with Gasteiger partial charge in [-0.2, -0.15) is 0 Å². The number of nitrogens with two attached hydrogens (primary N) is 1. The van der Waals surface area contributed by atoms with E-state index in [1.54, 1.807) is 0 Å². The van der Waals surface area contributed by atoms with E-state index in [1.165, 1.54) is 0 Å². The lowest BCUT2D eigenvalue weighted by Gasteiger charge is -2.11. The predicted molar refractivity (Wildman–Crippen MR) is 78.3 cm³/mol. The molecule has 0 heterocycles. The van der Waals surface area contributed by atoms with Crippen LogP contribution < -0.4 is 10.5 Å². The molecule has 0 aromatic heterocycles. The molecule has 0 radical (unpaired) electrons. The van der Waals surface area contributed by atoms with Gasteiger partial charge in [0.05, 0.1) is 11.6 Å². The number of unbranched alkanes of at least 4 members (excludes halogenated alkanes) is 1. The summed E-state index contributed by atoms with van der Waals surface area (Å²) in [5, 5.41) is 0.661. The second-order valence-corrected chi connectivity index (χ2v) is 4.82. The Hall–Kier alpha value is -0.990. The summed E-state index contributed by atoms with van der Waals surface area (Å²) >= 11 is 6.18. The number of halogens is 1. The lowest BCUT2D eigenvalue weighted by molar-refractivity contribution is 0.312. The Balaban J connectivity index is 2.53. The Morgan fingerprint density at radius 1 is 1.50 bits per heavy atom. The van der Waals surface area contributed by atoms with Crippen molar-refractivity contribution >= 4 is 11.6 Å². The van der Waals surface area contributed by atoms with Crippen molar-refractivity contribution in [2.45, 2.75) is 38.6 Å². The van der Waals surface area contributed by atoms with Gasteiger partial charge in [-0.15, -0.1) is 6.58 Å². The maximum absolute atomic E-state index is 6.18. The number of benzene rings is 1. The number of ether oxygens (including phenoxy) is 1. The van der Waals surface area contributed by atoms with Crippen LogP contribution in [0.15, 0.2) is 30.9 Å². The van der Waals surface area contributed by atoms with Crippen LogP contribution in [-0.2, 0) is 6.42 Å². The summed E-state index contributed by atoms with van der Waals surface area (Å²) in [6.07, 6.45) is 5.63. The third-order valence-electron chi connectivity index (χ3n) is 2.83. The molecule has 1 atom stereocenters. The second-order valence-electron chi connectivity index (χ2n) is 4.42. The smallest absolute Gasteiger partial charge is 0.137 e. The molecule has 2 nitrogen and oxygen atoms in total. The lowest BCUT2D eigenvalue weighted by Crippen LogP contribution is -2.21. The van der Waals surface area contributed by atoms with E-state index < -0.39 is 0 Å². The molecule has 100 valence electrons. The molecule has 1 aromatic carbocycles.